The van der Waals surface area contributed by atoms with E-state index in [1.165, 1.54) is 11.8 Å². The van der Waals surface area contributed by atoms with Crippen LogP contribution in [0.5, 0.6) is 5.75 Å². The molecule has 0 radical (unpaired) electrons. The van der Waals surface area contributed by atoms with Crippen LogP contribution in [0.25, 0.3) is 16.6 Å². The Morgan fingerprint density at radius 2 is 1.68 bits per heavy atom. The van der Waals surface area contributed by atoms with Crippen LogP contribution in [0, 0.1) is 0 Å². The number of nitrogens with zero attached hydrogens (tertiary/aromatic N) is 3. The van der Waals surface area contributed by atoms with Crippen LogP contribution in [-0.2, 0) is 11.3 Å². The third-order valence-corrected chi connectivity index (χ3v) is 6.35. The molecule has 0 aliphatic heterocycles. The summed E-state index contributed by atoms with van der Waals surface area (Å²) in [6.45, 7) is 5.61. The van der Waals surface area contributed by atoms with Crippen LogP contribution in [-0.4, -0.2) is 39.3 Å². The Balaban J connectivity index is 1.64. The minimum Gasteiger partial charge on any atom is -0.494 e. The minimum atomic E-state index is -0.165. The molecule has 174 valence electrons. The molecule has 1 amide bonds. The molecular formula is C27H27N3O3S. The monoisotopic (exact) mass is 473 g/mol. The highest BCUT2D eigenvalue weighted by atomic mass is 32.2. The first kappa shape index (κ1) is 23.6. The molecule has 0 spiro atoms. The second-order valence-corrected chi connectivity index (χ2v) is 8.60. The second-order valence-electron chi connectivity index (χ2n) is 7.66. The van der Waals surface area contributed by atoms with E-state index in [-0.39, 0.29) is 17.2 Å². The Kier molecular flexibility index (Phi) is 7.65. The third-order valence-electron chi connectivity index (χ3n) is 5.43. The maximum Gasteiger partial charge on any atom is 0.266 e. The molecular weight excluding hydrogens is 446 g/mol. The van der Waals surface area contributed by atoms with Gasteiger partial charge in [-0.1, -0.05) is 54.2 Å². The lowest BCUT2D eigenvalue weighted by Crippen LogP contribution is -2.32. The van der Waals surface area contributed by atoms with E-state index in [0.29, 0.717) is 41.4 Å². The molecule has 0 aliphatic rings. The number of para-hydroxylation sites is 1. The summed E-state index contributed by atoms with van der Waals surface area (Å²) >= 11 is 1.28. The molecule has 0 atom stereocenters. The summed E-state index contributed by atoms with van der Waals surface area (Å²) in [7, 11) is 0. The molecule has 0 bridgehead atoms. The number of hydrogen-bond donors (Lipinski definition) is 0. The largest absolute Gasteiger partial charge is 0.494 e. The van der Waals surface area contributed by atoms with E-state index in [0.717, 1.165) is 11.3 Å². The van der Waals surface area contributed by atoms with E-state index in [2.05, 4.69) is 0 Å². The van der Waals surface area contributed by atoms with E-state index in [9.17, 15) is 9.59 Å². The van der Waals surface area contributed by atoms with Crippen LogP contribution in [0.2, 0.25) is 0 Å². The summed E-state index contributed by atoms with van der Waals surface area (Å²) in [5, 5.41) is 1.02. The number of ether oxygens (including phenoxy) is 1. The first-order valence-corrected chi connectivity index (χ1v) is 12.3. The predicted octanol–water partition coefficient (Wildman–Crippen LogP) is 4.93. The van der Waals surface area contributed by atoms with Crippen molar-refractivity contribution < 1.29 is 9.53 Å². The topological polar surface area (TPSA) is 64.4 Å². The highest BCUT2D eigenvalue weighted by Gasteiger charge is 2.17. The Morgan fingerprint density at radius 3 is 2.38 bits per heavy atom. The van der Waals surface area contributed by atoms with Gasteiger partial charge in [0, 0.05) is 13.1 Å². The third kappa shape index (κ3) is 5.31. The summed E-state index contributed by atoms with van der Waals surface area (Å²) in [5.74, 6) is 0.914. The van der Waals surface area contributed by atoms with Crippen molar-refractivity contribution >= 4 is 28.6 Å². The van der Waals surface area contributed by atoms with Crippen molar-refractivity contribution in [1.29, 1.82) is 0 Å². The summed E-state index contributed by atoms with van der Waals surface area (Å²) < 4.78 is 7.11. The van der Waals surface area contributed by atoms with E-state index in [1.807, 2.05) is 91.5 Å². The predicted molar refractivity (Wildman–Crippen MR) is 137 cm³/mol. The van der Waals surface area contributed by atoms with Crippen LogP contribution >= 0.6 is 11.8 Å². The Labute approximate surface area is 203 Å². The number of aromatic nitrogens is 2. The lowest BCUT2D eigenvalue weighted by atomic mass is 10.2. The molecule has 0 unspecified atom stereocenters. The van der Waals surface area contributed by atoms with Crippen molar-refractivity contribution in [3.63, 3.8) is 0 Å². The summed E-state index contributed by atoms with van der Waals surface area (Å²) in [6.07, 6.45) is 0. The molecule has 7 heteroatoms. The van der Waals surface area contributed by atoms with Gasteiger partial charge in [0.1, 0.15) is 5.75 Å². The number of thioether (sulfide) groups is 1. The molecule has 6 nitrogen and oxygen atoms in total. The Hall–Kier alpha value is -3.58. The zero-order valence-electron chi connectivity index (χ0n) is 19.3. The van der Waals surface area contributed by atoms with Gasteiger partial charge in [-0.15, -0.1) is 0 Å². The fourth-order valence-corrected chi connectivity index (χ4v) is 4.61. The zero-order valence-corrected chi connectivity index (χ0v) is 20.1. The van der Waals surface area contributed by atoms with Crippen molar-refractivity contribution in [3.8, 4) is 11.4 Å². The number of carbonyl (C=O) groups is 1. The van der Waals surface area contributed by atoms with Gasteiger partial charge in [-0.25, -0.2) is 4.98 Å². The SMILES string of the molecule is CCOc1ccc(-n2c(SCC(=O)N(CC)Cc3ccccc3)nc3ccccc3c2=O)cc1. The second kappa shape index (κ2) is 11.0. The Bertz CT molecular complexity index is 1320. The Morgan fingerprint density at radius 1 is 0.971 bits per heavy atom. The van der Waals surface area contributed by atoms with Gasteiger partial charge in [-0.2, -0.15) is 0 Å². The molecule has 3 aromatic carbocycles. The molecule has 1 aromatic heterocycles. The quantitative estimate of drug-likeness (QED) is 0.255. The van der Waals surface area contributed by atoms with Crippen molar-refractivity contribution in [3.05, 3.63) is 94.8 Å². The fraction of sp³-hybridized carbons (Fsp3) is 0.222. The molecule has 0 N–H and O–H groups in total. The smallest absolute Gasteiger partial charge is 0.266 e. The molecule has 34 heavy (non-hydrogen) atoms. The zero-order chi connectivity index (χ0) is 23.9. The van der Waals surface area contributed by atoms with E-state index >= 15 is 0 Å². The van der Waals surface area contributed by atoms with Crippen LogP contribution in [0.15, 0.2) is 88.8 Å². The summed E-state index contributed by atoms with van der Waals surface area (Å²) in [4.78, 5) is 33.0. The molecule has 4 rings (SSSR count). The molecule has 0 fully saturated rings. The van der Waals surface area contributed by atoms with E-state index in [4.69, 9.17) is 9.72 Å². The number of carbonyl (C=O) groups excluding carboxylic acids is 1. The standard InChI is InChI=1S/C27H27N3O3S/c1-3-29(18-20-10-6-5-7-11-20)25(31)19-34-27-28-24-13-9-8-12-23(24)26(32)30(27)21-14-16-22(17-15-21)33-4-2/h5-17H,3-4,18-19H2,1-2H3. The number of rotatable bonds is 9. The van der Waals surface area contributed by atoms with Crippen molar-refractivity contribution in [2.24, 2.45) is 0 Å². The number of amides is 1. The van der Waals surface area contributed by atoms with Gasteiger partial charge < -0.3 is 9.64 Å². The van der Waals surface area contributed by atoms with Gasteiger partial charge in [0.15, 0.2) is 5.16 Å². The average molecular weight is 474 g/mol. The average Bonchev–Trinajstić information content (AvgIpc) is 2.87. The first-order chi connectivity index (χ1) is 16.6. The van der Waals surface area contributed by atoms with Crippen molar-refractivity contribution in [2.45, 2.75) is 25.5 Å². The lowest BCUT2D eigenvalue weighted by Gasteiger charge is -2.21. The highest BCUT2D eigenvalue weighted by Crippen LogP contribution is 2.23. The van der Waals surface area contributed by atoms with Gasteiger partial charge >= 0.3 is 0 Å². The summed E-state index contributed by atoms with van der Waals surface area (Å²) in [5.41, 5.74) is 2.21. The number of hydrogen-bond acceptors (Lipinski definition) is 5. The molecule has 0 aliphatic carbocycles. The van der Waals surface area contributed by atoms with Gasteiger partial charge in [0.2, 0.25) is 5.91 Å². The van der Waals surface area contributed by atoms with Crippen LogP contribution in [0.4, 0.5) is 0 Å². The van der Waals surface area contributed by atoms with E-state index < -0.39 is 0 Å². The van der Waals surface area contributed by atoms with E-state index in [1.54, 1.807) is 10.6 Å². The first-order valence-electron chi connectivity index (χ1n) is 11.3. The van der Waals surface area contributed by atoms with Crippen LogP contribution in [0.1, 0.15) is 19.4 Å². The normalized spacial score (nSPS) is 10.9. The number of benzene rings is 3. The lowest BCUT2D eigenvalue weighted by molar-refractivity contribution is -0.128. The van der Waals surface area contributed by atoms with Crippen LogP contribution < -0.4 is 10.3 Å². The molecule has 0 saturated heterocycles. The summed E-state index contributed by atoms with van der Waals surface area (Å²) in [6, 6.07) is 24.5. The van der Waals surface area contributed by atoms with Crippen molar-refractivity contribution in [2.75, 3.05) is 18.9 Å². The van der Waals surface area contributed by atoms with Gasteiger partial charge in [0.05, 0.1) is 29.0 Å². The fourth-order valence-electron chi connectivity index (χ4n) is 3.69. The van der Waals surface area contributed by atoms with Crippen molar-refractivity contribution in [1.82, 2.24) is 14.5 Å². The highest BCUT2D eigenvalue weighted by molar-refractivity contribution is 7.99. The van der Waals surface area contributed by atoms with Gasteiger partial charge in [-0.05, 0) is 55.8 Å². The number of fused-ring (bicyclic) bond motifs is 1. The molecule has 1 heterocycles. The molecule has 0 saturated carbocycles. The molecule has 4 aromatic rings. The maximum absolute atomic E-state index is 13.4. The maximum atomic E-state index is 13.4. The van der Waals surface area contributed by atoms with Gasteiger partial charge in [0.25, 0.3) is 5.56 Å². The minimum absolute atomic E-state index is 0.00277. The van der Waals surface area contributed by atoms with Gasteiger partial charge in [-0.3, -0.25) is 14.2 Å². The van der Waals surface area contributed by atoms with Crippen LogP contribution in [0.3, 0.4) is 0 Å².